The SMILES string of the molecule is CC(=O)NCC(O)COc1nonc1C(=NO)N[C@H]1Cc2ccc(F)cc21. The lowest BCUT2D eigenvalue weighted by atomic mass is 9.83. The Balaban J connectivity index is 1.62. The van der Waals surface area contributed by atoms with Gasteiger partial charge in [0.25, 0.3) is 5.88 Å². The summed E-state index contributed by atoms with van der Waals surface area (Å²) in [6.07, 6.45) is -0.367. The maximum Gasteiger partial charge on any atom is 0.287 e. The molecule has 0 bridgehead atoms. The zero-order valence-corrected chi connectivity index (χ0v) is 14.3. The summed E-state index contributed by atoms with van der Waals surface area (Å²) in [5.41, 5.74) is 1.73. The van der Waals surface area contributed by atoms with Gasteiger partial charge < -0.3 is 25.7 Å². The highest BCUT2D eigenvalue weighted by Crippen LogP contribution is 2.33. The highest BCUT2D eigenvalue weighted by atomic mass is 19.1. The molecule has 2 aromatic rings. The van der Waals surface area contributed by atoms with E-state index < -0.39 is 6.10 Å². The highest BCUT2D eigenvalue weighted by Gasteiger charge is 2.30. The number of aromatic nitrogens is 2. The van der Waals surface area contributed by atoms with Crippen molar-refractivity contribution in [3.05, 3.63) is 40.8 Å². The Kier molecular flexibility index (Phi) is 5.50. The molecule has 0 saturated carbocycles. The lowest BCUT2D eigenvalue weighted by molar-refractivity contribution is -0.119. The summed E-state index contributed by atoms with van der Waals surface area (Å²) in [6, 6.07) is 4.22. The van der Waals surface area contributed by atoms with Gasteiger partial charge in [-0.3, -0.25) is 4.79 Å². The molecule has 1 aromatic carbocycles. The van der Waals surface area contributed by atoms with Gasteiger partial charge in [-0.05, 0) is 40.0 Å². The second kappa shape index (κ2) is 7.99. The molecule has 4 N–H and O–H groups in total. The average molecular weight is 379 g/mol. The molecule has 3 rings (SSSR count). The zero-order valence-electron chi connectivity index (χ0n) is 14.3. The first-order valence-corrected chi connectivity index (χ1v) is 8.13. The Labute approximate surface area is 153 Å². The number of aliphatic hydroxyl groups is 1. The van der Waals surface area contributed by atoms with Gasteiger partial charge in [0, 0.05) is 13.5 Å². The Morgan fingerprint density at radius 3 is 3.07 bits per heavy atom. The minimum atomic E-state index is -0.984. The summed E-state index contributed by atoms with van der Waals surface area (Å²) >= 11 is 0. The number of amidine groups is 1. The van der Waals surface area contributed by atoms with Gasteiger partial charge in [0.15, 0.2) is 0 Å². The predicted octanol–water partition coefficient (Wildman–Crippen LogP) is 0.107. The van der Waals surface area contributed by atoms with Crippen LogP contribution in [-0.2, 0) is 11.2 Å². The zero-order chi connectivity index (χ0) is 19.4. The third-order valence-corrected chi connectivity index (χ3v) is 4.00. The Morgan fingerprint density at radius 1 is 1.52 bits per heavy atom. The number of nitrogens with zero attached hydrogens (tertiary/aromatic N) is 3. The number of fused-ring (bicyclic) bond motifs is 1. The number of carbonyl (C=O) groups excluding carboxylic acids is 1. The summed E-state index contributed by atoms with van der Waals surface area (Å²) in [6.45, 7) is 1.13. The molecule has 0 radical (unpaired) electrons. The van der Waals surface area contributed by atoms with Gasteiger partial charge in [-0.1, -0.05) is 11.2 Å². The van der Waals surface area contributed by atoms with Crippen molar-refractivity contribution in [2.75, 3.05) is 13.2 Å². The monoisotopic (exact) mass is 379 g/mol. The van der Waals surface area contributed by atoms with Crippen LogP contribution in [0.5, 0.6) is 5.88 Å². The topological polar surface area (TPSA) is 142 Å². The van der Waals surface area contributed by atoms with Crippen LogP contribution < -0.4 is 15.4 Å². The van der Waals surface area contributed by atoms with E-state index in [1.165, 1.54) is 19.1 Å². The number of halogens is 1. The fourth-order valence-corrected chi connectivity index (χ4v) is 2.63. The summed E-state index contributed by atoms with van der Waals surface area (Å²) in [5, 5.41) is 34.8. The van der Waals surface area contributed by atoms with Crippen LogP contribution >= 0.6 is 0 Å². The van der Waals surface area contributed by atoms with Crippen molar-refractivity contribution in [2.45, 2.75) is 25.5 Å². The van der Waals surface area contributed by atoms with Crippen molar-refractivity contribution in [3.8, 4) is 5.88 Å². The largest absolute Gasteiger partial charge is 0.471 e. The van der Waals surface area contributed by atoms with E-state index in [1.807, 2.05) is 0 Å². The summed E-state index contributed by atoms with van der Waals surface area (Å²) < 4.78 is 23.3. The van der Waals surface area contributed by atoms with Gasteiger partial charge in [0.2, 0.25) is 17.4 Å². The number of amides is 1. The molecule has 1 amide bonds. The molecule has 2 atom stereocenters. The van der Waals surface area contributed by atoms with Crippen molar-refractivity contribution in [1.82, 2.24) is 20.9 Å². The molecule has 1 aliphatic rings. The molecule has 0 fully saturated rings. The quantitative estimate of drug-likeness (QED) is 0.230. The van der Waals surface area contributed by atoms with Crippen LogP contribution in [-0.4, -0.2) is 51.6 Å². The van der Waals surface area contributed by atoms with E-state index in [0.717, 1.165) is 11.1 Å². The van der Waals surface area contributed by atoms with E-state index in [-0.39, 0.29) is 48.3 Å². The molecule has 1 aliphatic carbocycles. The molecular weight excluding hydrogens is 361 g/mol. The van der Waals surface area contributed by atoms with E-state index >= 15 is 0 Å². The van der Waals surface area contributed by atoms with Crippen LogP contribution in [0, 0.1) is 5.82 Å². The first-order valence-electron chi connectivity index (χ1n) is 8.13. The van der Waals surface area contributed by atoms with Crippen LogP contribution in [0.3, 0.4) is 0 Å². The van der Waals surface area contributed by atoms with Crippen LogP contribution in [0.1, 0.15) is 29.8 Å². The molecule has 1 unspecified atom stereocenters. The van der Waals surface area contributed by atoms with Crippen molar-refractivity contribution < 1.29 is 28.9 Å². The molecule has 11 heteroatoms. The first kappa shape index (κ1) is 18.6. The lowest BCUT2D eigenvalue weighted by Gasteiger charge is -2.31. The third kappa shape index (κ3) is 4.31. The average Bonchev–Trinajstić information content (AvgIpc) is 3.09. The standard InChI is InChI=1S/C16H18FN5O5/c1-8(23)18-6-11(24)7-26-16-14(21-27-22-16)15(20-25)19-13-4-9-2-3-10(17)5-12(9)13/h2-3,5,11,13,24-25H,4,6-7H2,1H3,(H,18,23)(H,19,20)/t11?,13-/m0/s1. The molecular formula is C16H18FN5O5. The van der Waals surface area contributed by atoms with E-state index in [0.29, 0.717) is 6.42 Å². The number of ether oxygens (including phenoxy) is 1. The first-order chi connectivity index (χ1) is 13.0. The highest BCUT2D eigenvalue weighted by molar-refractivity contribution is 5.98. The van der Waals surface area contributed by atoms with Crippen LogP contribution in [0.25, 0.3) is 0 Å². The van der Waals surface area contributed by atoms with Gasteiger partial charge in [-0.15, -0.1) is 0 Å². The number of rotatable bonds is 7. The molecule has 1 aromatic heterocycles. The number of benzene rings is 1. The van der Waals surface area contributed by atoms with Crippen LogP contribution in [0.15, 0.2) is 28.0 Å². The number of oxime groups is 1. The maximum absolute atomic E-state index is 13.4. The van der Waals surface area contributed by atoms with E-state index in [2.05, 4.69) is 30.7 Å². The van der Waals surface area contributed by atoms with Gasteiger partial charge in [-0.2, -0.15) is 0 Å². The van der Waals surface area contributed by atoms with Gasteiger partial charge in [0.1, 0.15) is 18.5 Å². The third-order valence-electron chi connectivity index (χ3n) is 4.00. The molecule has 27 heavy (non-hydrogen) atoms. The molecule has 0 aliphatic heterocycles. The van der Waals surface area contributed by atoms with Crippen molar-refractivity contribution >= 4 is 11.7 Å². The molecule has 144 valence electrons. The fraction of sp³-hybridized carbons (Fsp3) is 0.375. The van der Waals surface area contributed by atoms with Crippen molar-refractivity contribution in [1.29, 1.82) is 0 Å². The number of carbonyl (C=O) groups is 1. The second-order valence-electron chi connectivity index (χ2n) is 6.01. The lowest BCUT2D eigenvalue weighted by Crippen LogP contribution is -2.37. The van der Waals surface area contributed by atoms with E-state index in [4.69, 9.17) is 4.74 Å². The summed E-state index contributed by atoms with van der Waals surface area (Å²) in [5.74, 6) is -0.810. The van der Waals surface area contributed by atoms with E-state index in [9.17, 15) is 19.5 Å². The summed E-state index contributed by atoms with van der Waals surface area (Å²) in [7, 11) is 0. The Bertz CT molecular complexity index is 855. The molecule has 0 spiro atoms. The smallest absolute Gasteiger partial charge is 0.287 e. The maximum atomic E-state index is 13.4. The van der Waals surface area contributed by atoms with Gasteiger partial charge >= 0.3 is 0 Å². The fourth-order valence-electron chi connectivity index (χ4n) is 2.63. The van der Waals surface area contributed by atoms with Crippen LogP contribution in [0.4, 0.5) is 4.39 Å². The number of aliphatic hydroxyl groups excluding tert-OH is 1. The molecule has 0 saturated heterocycles. The minimum Gasteiger partial charge on any atom is -0.471 e. The number of nitrogens with one attached hydrogen (secondary N) is 2. The molecule has 10 nitrogen and oxygen atoms in total. The van der Waals surface area contributed by atoms with Crippen LogP contribution in [0.2, 0.25) is 0 Å². The number of hydrogen-bond acceptors (Lipinski definition) is 8. The van der Waals surface area contributed by atoms with Crippen molar-refractivity contribution in [3.63, 3.8) is 0 Å². The van der Waals surface area contributed by atoms with Crippen molar-refractivity contribution in [2.24, 2.45) is 5.16 Å². The normalized spacial score (nSPS) is 16.9. The molecule has 1 heterocycles. The second-order valence-corrected chi connectivity index (χ2v) is 6.01. The van der Waals surface area contributed by atoms with E-state index in [1.54, 1.807) is 6.07 Å². The minimum absolute atomic E-state index is 0.000431. The summed E-state index contributed by atoms with van der Waals surface area (Å²) in [4.78, 5) is 10.8. The van der Waals surface area contributed by atoms with Gasteiger partial charge in [-0.25, -0.2) is 9.02 Å². The Hall–Kier alpha value is -3.21. The van der Waals surface area contributed by atoms with Gasteiger partial charge in [0.05, 0.1) is 6.04 Å². The number of hydrogen-bond donors (Lipinski definition) is 4. The predicted molar refractivity (Wildman–Crippen MR) is 88.8 cm³/mol. The Morgan fingerprint density at radius 2 is 2.33 bits per heavy atom.